The van der Waals surface area contributed by atoms with E-state index in [2.05, 4.69) is 28.2 Å². The Labute approximate surface area is 136 Å². The molecule has 1 aromatic carbocycles. The molecule has 0 amide bonds. The summed E-state index contributed by atoms with van der Waals surface area (Å²) in [5, 5.41) is 4.22. The molecule has 1 heterocycles. The van der Waals surface area contributed by atoms with Crippen LogP contribution < -0.4 is 5.32 Å². The highest BCUT2D eigenvalue weighted by Gasteiger charge is 2.30. The Hall–Kier alpha value is -0.780. The highest BCUT2D eigenvalue weighted by atomic mass is 79.9. The summed E-state index contributed by atoms with van der Waals surface area (Å²) >= 11 is 5.06. The van der Waals surface area contributed by atoms with Crippen molar-refractivity contribution in [1.82, 2.24) is 10.3 Å². The first-order valence-corrected chi connectivity index (χ1v) is 8.96. The molecule has 1 saturated carbocycles. The van der Waals surface area contributed by atoms with Crippen LogP contribution in [0.3, 0.4) is 0 Å². The standard InChI is InChI=1S/C16H18BrFN2S/c1-2-8-19-9-13-15(10-6-7-10)20-16(21-13)14-11(17)4-3-5-12(14)18/h3-5,10,19H,2,6-9H2,1H3. The number of hydrogen-bond acceptors (Lipinski definition) is 3. The van der Waals surface area contributed by atoms with Crippen molar-refractivity contribution in [3.63, 3.8) is 0 Å². The van der Waals surface area contributed by atoms with Gasteiger partial charge in [0.25, 0.3) is 0 Å². The van der Waals surface area contributed by atoms with Gasteiger partial charge in [0.15, 0.2) is 0 Å². The first-order chi connectivity index (χ1) is 10.2. The molecule has 21 heavy (non-hydrogen) atoms. The third kappa shape index (κ3) is 3.35. The maximum atomic E-state index is 14.1. The summed E-state index contributed by atoms with van der Waals surface area (Å²) in [5.41, 5.74) is 1.76. The number of hydrogen-bond donors (Lipinski definition) is 1. The highest BCUT2D eigenvalue weighted by molar-refractivity contribution is 9.10. The van der Waals surface area contributed by atoms with Crippen LogP contribution in [0.5, 0.6) is 0 Å². The minimum Gasteiger partial charge on any atom is -0.312 e. The van der Waals surface area contributed by atoms with Crippen molar-refractivity contribution in [1.29, 1.82) is 0 Å². The molecule has 0 saturated heterocycles. The third-order valence-electron chi connectivity index (χ3n) is 3.58. The van der Waals surface area contributed by atoms with Crippen LogP contribution in [0.15, 0.2) is 22.7 Å². The molecule has 2 aromatic rings. The number of benzene rings is 1. The van der Waals surface area contributed by atoms with Crippen LogP contribution in [-0.2, 0) is 6.54 Å². The molecule has 112 valence electrons. The SMILES string of the molecule is CCCNCc1sc(-c2c(F)cccc2Br)nc1C1CC1. The van der Waals surface area contributed by atoms with Gasteiger partial charge in [0, 0.05) is 21.8 Å². The Kier molecular flexibility index (Phi) is 4.72. The molecule has 1 aromatic heterocycles. The molecular weight excluding hydrogens is 351 g/mol. The van der Waals surface area contributed by atoms with E-state index in [9.17, 15) is 4.39 Å². The van der Waals surface area contributed by atoms with Crippen molar-refractivity contribution in [2.24, 2.45) is 0 Å². The summed E-state index contributed by atoms with van der Waals surface area (Å²) in [5.74, 6) is 0.368. The predicted molar refractivity (Wildman–Crippen MR) is 89.2 cm³/mol. The molecule has 0 spiro atoms. The first kappa shape index (κ1) is 15.1. The van der Waals surface area contributed by atoms with Gasteiger partial charge in [-0.3, -0.25) is 0 Å². The van der Waals surface area contributed by atoms with Gasteiger partial charge in [-0.05, 0) is 53.9 Å². The largest absolute Gasteiger partial charge is 0.312 e. The number of nitrogens with one attached hydrogen (secondary N) is 1. The van der Waals surface area contributed by atoms with Gasteiger partial charge in [-0.15, -0.1) is 11.3 Å². The Bertz CT molecular complexity index is 617. The van der Waals surface area contributed by atoms with Crippen LogP contribution in [0.2, 0.25) is 0 Å². The van der Waals surface area contributed by atoms with Gasteiger partial charge in [-0.2, -0.15) is 0 Å². The van der Waals surface area contributed by atoms with Crippen LogP contribution in [0.4, 0.5) is 4.39 Å². The molecule has 0 atom stereocenters. The second kappa shape index (κ2) is 6.55. The van der Waals surface area contributed by atoms with E-state index in [0.29, 0.717) is 11.5 Å². The molecule has 3 rings (SSSR count). The second-order valence-electron chi connectivity index (χ2n) is 5.38. The summed E-state index contributed by atoms with van der Waals surface area (Å²) in [6.07, 6.45) is 3.54. The summed E-state index contributed by atoms with van der Waals surface area (Å²) in [7, 11) is 0. The van der Waals surface area contributed by atoms with Crippen LogP contribution in [0, 0.1) is 5.82 Å². The van der Waals surface area contributed by atoms with Crippen LogP contribution in [-0.4, -0.2) is 11.5 Å². The van der Waals surface area contributed by atoms with Crippen LogP contribution >= 0.6 is 27.3 Å². The summed E-state index contributed by atoms with van der Waals surface area (Å²) in [6.45, 7) is 3.99. The number of rotatable bonds is 6. The molecule has 1 fully saturated rings. The average molecular weight is 369 g/mol. The lowest BCUT2D eigenvalue weighted by Crippen LogP contribution is -2.13. The van der Waals surface area contributed by atoms with Crippen molar-refractivity contribution >= 4 is 27.3 Å². The Morgan fingerprint density at radius 1 is 1.43 bits per heavy atom. The van der Waals surface area contributed by atoms with E-state index in [1.807, 2.05) is 6.07 Å². The average Bonchev–Trinajstić information content (AvgIpc) is 3.21. The van der Waals surface area contributed by atoms with E-state index >= 15 is 0 Å². The number of thiazole rings is 1. The van der Waals surface area contributed by atoms with Crippen molar-refractivity contribution in [2.75, 3.05) is 6.54 Å². The summed E-state index contributed by atoms with van der Waals surface area (Å²) in [4.78, 5) is 6.01. The minimum absolute atomic E-state index is 0.214. The van der Waals surface area contributed by atoms with E-state index in [0.717, 1.165) is 29.0 Å². The van der Waals surface area contributed by atoms with Crippen molar-refractivity contribution < 1.29 is 4.39 Å². The van der Waals surface area contributed by atoms with Crippen LogP contribution in [0.1, 0.15) is 42.7 Å². The maximum absolute atomic E-state index is 14.1. The molecule has 0 bridgehead atoms. The second-order valence-corrected chi connectivity index (χ2v) is 7.31. The predicted octanol–water partition coefficient (Wildman–Crippen LogP) is 5.09. The van der Waals surface area contributed by atoms with Gasteiger partial charge in [-0.1, -0.05) is 13.0 Å². The molecule has 2 nitrogen and oxygen atoms in total. The smallest absolute Gasteiger partial charge is 0.134 e. The first-order valence-electron chi connectivity index (χ1n) is 7.35. The Morgan fingerprint density at radius 3 is 2.90 bits per heavy atom. The van der Waals surface area contributed by atoms with E-state index in [-0.39, 0.29) is 5.82 Å². The molecular formula is C16H18BrFN2S. The lowest BCUT2D eigenvalue weighted by molar-refractivity contribution is 0.630. The van der Waals surface area contributed by atoms with Gasteiger partial charge in [0.2, 0.25) is 0 Å². The minimum atomic E-state index is -0.214. The molecule has 5 heteroatoms. The molecule has 1 aliphatic carbocycles. The summed E-state index contributed by atoms with van der Waals surface area (Å²) in [6, 6.07) is 5.07. The topological polar surface area (TPSA) is 24.9 Å². The van der Waals surface area contributed by atoms with Gasteiger partial charge < -0.3 is 5.32 Å². The maximum Gasteiger partial charge on any atom is 0.134 e. The van der Waals surface area contributed by atoms with Gasteiger partial charge in [-0.25, -0.2) is 9.37 Å². The zero-order valence-electron chi connectivity index (χ0n) is 12.0. The van der Waals surface area contributed by atoms with E-state index in [4.69, 9.17) is 4.98 Å². The van der Waals surface area contributed by atoms with Crippen LogP contribution in [0.25, 0.3) is 10.6 Å². The summed E-state index contributed by atoms with van der Waals surface area (Å²) < 4.78 is 14.9. The Balaban J connectivity index is 1.94. The zero-order valence-corrected chi connectivity index (χ0v) is 14.4. The van der Waals surface area contributed by atoms with Crippen molar-refractivity contribution in [3.8, 4) is 10.6 Å². The molecule has 1 aliphatic rings. The molecule has 1 N–H and O–H groups in total. The van der Waals surface area contributed by atoms with E-state index in [1.54, 1.807) is 17.4 Å². The number of aromatic nitrogens is 1. The quantitative estimate of drug-likeness (QED) is 0.718. The van der Waals surface area contributed by atoms with E-state index in [1.165, 1.54) is 29.5 Å². The lowest BCUT2D eigenvalue weighted by atomic mass is 10.2. The Morgan fingerprint density at radius 2 is 2.24 bits per heavy atom. The number of nitrogens with zero attached hydrogens (tertiary/aromatic N) is 1. The van der Waals surface area contributed by atoms with Gasteiger partial charge >= 0.3 is 0 Å². The van der Waals surface area contributed by atoms with Crippen molar-refractivity contribution in [3.05, 3.63) is 39.1 Å². The van der Waals surface area contributed by atoms with E-state index < -0.39 is 0 Å². The van der Waals surface area contributed by atoms with Crippen molar-refractivity contribution in [2.45, 2.75) is 38.6 Å². The fourth-order valence-electron chi connectivity index (χ4n) is 2.35. The zero-order chi connectivity index (χ0) is 14.8. The van der Waals surface area contributed by atoms with Gasteiger partial charge in [0.1, 0.15) is 10.8 Å². The normalized spacial score (nSPS) is 14.6. The monoisotopic (exact) mass is 368 g/mol. The molecule has 0 radical (unpaired) electrons. The number of halogens is 2. The highest BCUT2D eigenvalue weighted by Crippen LogP contribution is 2.45. The fraction of sp³-hybridized carbons (Fsp3) is 0.438. The molecule has 0 unspecified atom stereocenters. The fourth-order valence-corrected chi connectivity index (χ4v) is 4.19. The molecule has 0 aliphatic heterocycles. The lowest BCUT2D eigenvalue weighted by Gasteiger charge is -2.02. The third-order valence-corrected chi connectivity index (χ3v) is 5.33. The van der Waals surface area contributed by atoms with Gasteiger partial charge in [0.05, 0.1) is 11.3 Å².